The second kappa shape index (κ2) is 6.10. The van der Waals surface area contributed by atoms with Gasteiger partial charge in [-0.05, 0) is 17.9 Å². The quantitative estimate of drug-likeness (QED) is 0.794. The lowest BCUT2D eigenvalue weighted by molar-refractivity contribution is 0.544. The predicted molar refractivity (Wildman–Crippen MR) is 87.0 cm³/mol. The molecule has 108 valence electrons. The molecule has 2 aromatic heterocycles. The van der Waals surface area contributed by atoms with Crippen LogP contribution in [0.5, 0.6) is 0 Å². The van der Waals surface area contributed by atoms with Gasteiger partial charge < -0.3 is 4.90 Å². The highest BCUT2D eigenvalue weighted by Gasteiger charge is 2.19. The molecule has 0 amide bonds. The van der Waals surface area contributed by atoms with E-state index in [-0.39, 0.29) is 5.41 Å². The third-order valence-electron chi connectivity index (χ3n) is 3.02. The zero-order valence-electron chi connectivity index (χ0n) is 12.4. The number of rotatable bonds is 4. The summed E-state index contributed by atoms with van der Waals surface area (Å²) in [6, 6.07) is 6.07. The zero-order chi connectivity index (χ0) is 14.8. The Morgan fingerprint density at radius 2 is 2.05 bits per heavy atom. The van der Waals surface area contributed by atoms with Crippen LogP contribution in [0.4, 0.5) is 5.82 Å². The van der Waals surface area contributed by atoms with Gasteiger partial charge in [0.05, 0.1) is 0 Å². The van der Waals surface area contributed by atoms with Crippen LogP contribution in [0.1, 0.15) is 31.5 Å². The Morgan fingerprint density at radius 1 is 1.30 bits per heavy atom. The summed E-state index contributed by atoms with van der Waals surface area (Å²) in [6.45, 7) is 7.19. The molecule has 3 nitrogen and oxygen atoms in total. The Kier molecular flexibility index (Phi) is 4.66. The fourth-order valence-corrected chi connectivity index (χ4v) is 2.66. The number of aromatic nitrogens is 2. The van der Waals surface area contributed by atoms with Gasteiger partial charge in [0.15, 0.2) is 0 Å². The van der Waals surface area contributed by atoms with Crippen LogP contribution in [-0.4, -0.2) is 23.6 Å². The highest BCUT2D eigenvalue weighted by atomic mass is 35.5. The molecule has 5 heteroatoms. The maximum Gasteiger partial charge on any atom is 0.137 e. The molecule has 0 saturated heterocycles. The Morgan fingerprint density at radius 3 is 2.65 bits per heavy atom. The normalized spacial score (nSPS) is 11.7. The zero-order valence-corrected chi connectivity index (χ0v) is 13.9. The van der Waals surface area contributed by atoms with Crippen molar-refractivity contribution in [1.29, 1.82) is 0 Å². The molecule has 0 unspecified atom stereocenters. The fourth-order valence-electron chi connectivity index (χ4n) is 1.78. The van der Waals surface area contributed by atoms with Gasteiger partial charge in [-0.1, -0.05) is 38.4 Å². The molecule has 0 aliphatic carbocycles. The van der Waals surface area contributed by atoms with E-state index in [1.165, 1.54) is 4.88 Å². The molecule has 2 aromatic rings. The van der Waals surface area contributed by atoms with Crippen molar-refractivity contribution in [3.05, 3.63) is 39.4 Å². The van der Waals surface area contributed by atoms with Gasteiger partial charge in [0.25, 0.3) is 0 Å². The van der Waals surface area contributed by atoms with Crippen molar-refractivity contribution in [3.8, 4) is 0 Å². The topological polar surface area (TPSA) is 29.0 Å². The first-order valence-corrected chi connectivity index (χ1v) is 7.90. The van der Waals surface area contributed by atoms with Crippen molar-refractivity contribution < 1.29 is 0 Å². The summed E-state index contributed by atoms with van der Waals surface area (Å²) in [4.78, 5) is 12.5. The van der Waals surface area contributed by atoms with Crippen LogP contribution < -0.4 is 4.90 Å². The molecule has 0 radical (unpaired) electrons. The molecular formula is C15H20ClN3S. The number of halogens is 1. The minimum absolute atomic E-state index is 0.103. The second-order valence-corrected chi connectivity index (χ2v) is 7.29. The number of nitrogens with zero attached hydrogens (tertiary/aromatic N) is 3. The van der Waals surface area contributed by atoms with Crippen molar-refractivity contribution in [1.82, 2.24) is 9.97 Å². The first kappa shape index (κ1) is 15.3. The number of thiophene rings is 1. The summed E-state index contributed by atoms with van der Waals surface area (Å²) in [5.74, 6) is 1.66. The predicted octanol–water partition coefficient (Wildman–Crippen LogP) is 4.17. The Balaban J connectivity index is 2.13. The number of hydrogen-bond donors (Lipinski definition) is 0. The SMILES string of the molecule is CN(CCc1cccs1)c1cc(Cl)nc(C(C)(C)C)n1. The summed E-state index contributed by atoms with van der Waals surface area (Å²) in [5, 5.41) is 2.61. The molecular weight excluding hydrogens is 290 g/mol. The van der Waals surface area contributed by atoms with Gasteiger partial charge in [-0.25, -0.2) is 9.97 Å². The van der Waals surface area contributed by atoms with E-state index in [2.05, 4.69) is 53.2 Å². The summed E-state index contributed by atoms with van der Waals surface area (Å²) in [5.41, 5.74) is -0.103. The Hall–Kier alpha value is -1.13. The van der Waals surface area contributed by atoms with Gasteiger partial charge in [-0.2, -0.15) is 0 Å². The van der Waals surface area contributed by atoms with Crippen molar-refractivity contribution in [2.75, 3.05) is 18.5 Å². The maximum absolute atomic E-state index is 6.12. The lowest BCUT2D eigenvalue weighted by atomic mass is 9.96. The van der Waals surface area contributed by atoms with Crippen molar-refractivity contribution in [3.63, 3.8) is 0 Å². The van der Waals surface area contributed by atoms with E-state index < -0.39 is 0 Å². The maximum atomic E-state index is 6.12. The fraction of sp³-hybridized carbons (Fsp3) is 0.467. The first-order valence-electron chi connectivity index (χ1n) is 6.65. The molecule has 0 spiro atoms. The average molecular weight is 310 g/mol. The average Bonchev–Trinajstić information content (AvgIpc) is 2.87. The van der Waals surface area contributed by atoms with Crippen LogP contribution in [0, 0.1) is 0 Å². The van der Waals surface area contributed by atoms with Crippen LogP contribution in [-0.2, 0) is 11.8 Å². The van der Waals surface area contributed by atoms with Crippen LogP contribution in [0.2, 0.25) is 5.15 Å². The largest absolute Gasteiger partial charge is 0.359 e. The van der Waals surface area contributed by atoms with Crippen LogP contribution in [0.15, 0.2) is 23.6 Å². The van der Waals surface area contributed by atoms with Gasteiger partial charge >= 0.3 is 0 Å². The van der Waals surface area contributed by atoms with Gasteiger partial charge in [0, 0.05) is 30.0 Å². The third kappa shape index (κ3) is 3.93. The van der Waals surface area contributed by atoms with Gasteiger partial charge in [-0.3, -0.25) is 0 Å². The van der Waals surface area contributed by atoms with E-state index in [9.17, 15) is 0 Å². The minimum Gasteiger partial charge on any atom is -0.359 e. The first-order chi connectivity index (χ1) is 9.36. The summed E-state index contributed by atoms with van der Waals surface area (Å²) in [6.07, 6.45) is 1.01. The molecule has 0 atom stereocenters. The number of hydrogen-bond acceptors (Lipinski definition) is 4. The van der Waals surface area contributed by atoms with Gasteiger partial charge in [0.1, 0.15) is 16.8 Å². The number of likely N-dealkylation sites (N-methyl/N-ethyl adjacent to an activating group) is 1. The molecule has 0 aliphatic rings. The van der Waals surface area contributed by atoms with Crippen LogP contribution in [0.25, 0.3) is 0 Å². The Labute approximate surface area is 129 Å². The molecule has 0 aliphatic heterocycles. The highest BCUT2D eigenvalue weighted by Crippen LogP contribution is 2.23. The monoisotopic (exact) mass is 309 g/mol. The van der Waals surface area contributed by atoms with Gasteiger partial charge in [-0.15, -0.1) is 11.3 Å². The molecule has 0 fully saturated rings. The number of anilines is 1. The molecule has 0 aromatic carbocycles. The highest BCUT2D eigenvalue weighted by molar-refractivity contribution is 7.09. The van der Waals surface area contributed by atoms with E-state index >= 15 is 0 Å². The van der Waals surface area contributed by atoms with Crippen molar-refractivity contribution in [2.45, 2.75) is 32.6 Å². The Bertz CT molecular complexity index is 561. The van der Waals surface area contributed by atoms with E-state index in [0.29, 0.717) is 5.15 Å². The van der Waals surface area contributed by atoms with Crippen molar-refractivity contribution >= 4 is 28.8 Å². The smallest absolute Gasteiger partial charge is 0.137 e. The summed E-state index contributed by atoms with van der Waals surface area (Å²) < 4.78 is 0. The molecule has 2 rings (SSSR count). The van der Waals surface area contributed by atoms with E-state index in [1.807, 2.05) is 13.1 Å². The standard InChI is InChI=1S/C15H20ClN3S/c1-15(2,3)14-17-12(16)10-13(18-14)19(4)8-7-11-6-5-9-20-11/h5-6,9-10H,7-8H2,1-4H3. The van der Waals surface area contributed by atoms with E-state index in [4.69, 9.17) is 11.6 Å². The molecule has 0 saturated carbocycles. The molecule has 2 heterocycles. The van der Waals surface area contributed by atoms with E-state index in [0.717, 1.165) is 24.6 Å². The summed E-state index contributed by atoms with van der Waals surface area (Å²) in [7, 11) is 2.04. The lowest BCUT2D eigenvalue weighted by Gasteiger charge is -2.22. The van der Waals surface area contributed by atoms with Crippen molar-refractivity contribution in [2.24, 2.45) is 0 Å². The van der Waals surface area contributed by atoms with Crippen LogP contribution >= 0.6 is 22.9 Å². The molecule has 20 heavy (non-hydrogen) atoms. The molecule has 0 bridgehead atoms. The second-order valence-electron chi connectivity index (χ2n) is 5.87. The van der Waals surface area contributed by atoms with Gasteiger partial charge in [0.2, 0.25) is 0 Å². The van der Waals surface area contributed by atoms with Crippen LogP contribution in [0.3, 0.4) is 0 Å². The van der Waals surface area contributed by atoms with E-state index in [1.54, 1.807) is 11.3 Å². The molecule has 0 N–H and O–H groups in total. The summed E-state index contributed by atoms with van der Waals surface area (Å²) >= 11 is 7.91. The lowest BCUT2D eigenvalue weighted by Crippen LogP contribution is -2.24. The third-order valence-corrected chi connectivity index (χ3v) is 4.15. The minimum atomic E-state index is -0.103.